The van der Waals surface area contributed by atoms with Gasteiger partial charge in [-0.05, 0) is 6.07 Å². The zero-order valence-corrected chi connectivity index (χ0v) is 9.72. The van der Waals surface area contributed by atoms with E-state index < -0.39 is 23.9 Å². The highest BCUT2D eigenvalue weighted by molar-refractivity contribution is 9.08. The number of alkyl halides is 3. The van der Waals surface area contributed by atoms with Crippen molar-refractivity contribution in [1.82, 2.24) is 4.98 Å². The van der Waals surface area contributed by atoms with Gasteiger partial charge in [-0.15, -0.1) is 0 Å². The molecule has 0 spiro atoms. The van der Waals surface area contributed by atoms with Crippen molar-refractivity contribution in [3.63, 3.8) is 0 Å². The van der Waals surface area contributed by atoms with Crippen LogP contribution < -0.4 is 0 Å². The van der Waals surface area contributed by atoms with E-state index in [0.717, 1.165) is 7.11 Å². The second-order valence-electron chi connectivity index (χ2n) is 2.78. The first-order chi connectivity index (χ1) is 7.51. The first kappa shape index (κ1) is 13.0. The van der Waals surface area contributed by atoms with Crippen LogP contribution in [-0.4, -0.2) is 18.1 Å². The van der Waals surface area contributed by atoms with Gasteiger partial charge in [0.15, 0.2) is 5.82 Å². The highest BCUT2D eigenvalue weighted by Gasteiger charge is 2.21. The number of rotatable bonds is 3. The zero-order valence-electron chi connectivity index (χ0n) is 8.14. The van der Waals surface area contributed by atoms with Crippen LogP contribution in [0, 0.1) is 5.82 Å². The average molecular weight is 298 g/mol. The van der Waals surface area contributed by atoms with Crippen molar-refractivity contribution >= 4 is 21.9 Å². The minimum Gasteiger partial charge on any atom is -0.465 e. The monoisotopic (exact) mass is 297 g/mol. The Morgan fingerprint density at radius 3 is 2.69 bits per heavy atom. The number of carbonyl (C=O) groups is 1. The molecule has 88 valence electrons. The van der Waals surface area contributed by atoms with Gasteiger partial charge in [-0.3, -0.25) is 0 Å². The first-order valence-corrected chi connectivity index (χ1v) is 5.25. The summed E-state index contributed by atoms with van der Waals surface area (Å²) in [5.74, 6) is -2.04. The van der Waals surface area contributed by atoms with E-state index in [1.165, 1.54) is 0 Å². The number of halogens is 4. The van der Waals surface area contributed by atoms with Crippen molar-refractivity contribution < 1.29 is 22.7 Å². The molecule has 0 N–H and O–H groups in total. The highest BCUT2D eigenvalue weighted by atomic mass is 79.9. The molecule has 0 amide bonds. The van der Waals surface area contributed by atoms with Crippen LogP contribution >= 0.6 is 15.9 Å². The summed E-state index contributed by atoms with van der Waals surface area (Å²) in [5, 5.41) is 0.0530. The number of carbonyl (C=O) groups excluding carboxylic acids is 1. The molecule has 0 fully saturated rings. The van der Waals surface area contributed by atoms with Crippen LogP contribution in [0.2, 0.25) is 0 Å². The second kappa shape index (κ2) is 5.29. The molecule has 0 unspecified atom stereocenters. The third kappa shape index (κ3) is 2.52. The van der Waals surface area contributed by atoms with E-state index in [1.807, 2.05) is 0 Å². The molecule has 1 aromatic heterocycles. The van der Waals surface area contributed by atoms with Gasteiger partial charge in [0, 0.05) is 5.33 Å². The number of aromatic nitrogens is 1. The van der Waals surface area contributed by atoms with Gasteiger partial charge in [0.05, 0.1) is 18.4 Å². The third-order valence-electron chi connectivity index (χ3n) is 1.82. The van der Waals surface area contributed by atoms with Crippen molar-refractivity contribution in [2.75, 3.05) is 7.11 Å². The maximum absolute atomic E-state index is 13.1. The Kier molecular flexibility index (Phi) is 4.28. The van der Waals surface area contributed by atoms with Crippen LogP contribution in [0.3, 0.4) is 0 Å². The SMILES string of the molecule is COC(=O)c1cc(F)c(C(F)F)nc1CBr. The largest absolute Gasteiger partial charge is 0.465 e. The molecule has 7 heteroatoms. The normalized spacial score (nSPS) is 10.6. The molecule has 1 heterocycles. The van der Waals surface area contributed by atoms with Gasteiger partial charge in [0.25, 0.3) is 6.43 Å². The maximum Gasteiger partial charge on any atom is 0.339 e. The molecule has 0 aromatic carbocycles. The number of hydrogen-bond donors (Lipinski definition) is 0. The summed E-state index contributed by atoms with van der Waals surface area (Å²) < 4.78 is 42.2. The predicted molar refractivity (Wildman–Crippen MR) is 53.1 cm³/mol. The standard InChI is InChI=1S/C9H7BrF3NO2/c1-16-9(15)4-2-5(11)7(8(12)13)14-6(4)3-10/h2,8H,3H2,1H3. The lowest BCUT2D eigenvalue weighted by Gasteiger charge is -2.08. The molecule has 3 nitrogen and oxygen atoms in total. The van der Waals surface area contributed by atoms with Crippen LogP contribution in [0.15, 0.2) is 6.07 Å². The lowest BCUT2D eigenvalue weighted by atomic mass is 10.2. The molecular weight excluding hydrogens is 291 g/mol. The van der Waals surface area contributed by atoms with Gasteiger partial charge in [-0.1, -0.05) is 15.9 Å². The van der Waals surface area contributed by atoms with E-state index in [1.54, 1.807) is 0 Å². The number of ether oxygens (including phenoxy) is 1. The second-order valence-corrected chi connectivity index (χ2v) is 3.34. The molecule has 1 aromatic rings. The Hall–Kier alpha value is -1.11. The molecule has 16 heavy (non-hydrogen) atoms. The molecule has 0 bridgehead atoms. The zero-order chi connectivity index (χ0) is 12.3. The van der Waals surface area contributed by atoms with E-state index in [0.29, 0.717) is 6.07 Å². The smallest absolute Gasteiger partial charge is 0.339 e. The lowest BCUT2D eigenvalue weighted by molar-refractivity contribution is 0.0597. The van der Waals surface area contributed by atoms with Gasteiger partial charge in [-0.25, -0.2) is 22.9 Å². The molecule has 1 rings (SSSR count). The maximum atomic E-state index is 13.1. The summed E-state index contributed by atoms with van der Waals surface area (Å²) >= 11 is 2.98. The van der Waals surface area contributed by atoms with Crippen molar-refractivity contribution in [3.05, 3.63) is 28.8 Å². The number of hydrogen-bond acceptors (Lipinski definition) is 3. The third-order valence-corrected chi connectivity index (χ3v) is 2.35. The molecule has 0 aliphatic rings. The summed E-state index contributed by atoms with van der Waals surface area (Å²) in [6.07, 6.45) is -3.02. The van der Waals surface area contributed by atoms with Gasteiger partial charge in [0.2, 0.25) is 0 Å². The average Bonchev–Trinajstić information content (AvgIpc) is 2.27. The minimum absolute atomic E-state index is 0.0172. The van der Waals surface area contributed by atoms with Gasteiger partial charge < -0.3 is 4.74 Å². The van der Waals surface area contributed by atoms with Gasteiger partial charge >= 0.3 is 5.97 Å². The van der Waals surface area contributed by atoms with Crippen LogP contribution in [0.1, 0.15) is 28.2 Å². The van der Waals surface area contributed by atoms with Crippen LogP contribution in [0.4, 0.5) is 13.2 Å². The Morgan fingerprint density at radius 1 is 1.62 bits per heavy atom. The molecule has 0 aliphatic heterocycles. The highest BCUT2D eigenvalue weighted by Crippen LogP contribution is 2.23. The van der Waals surface area contributed by atoms with Crippen LogP contribution in [0.25, 0.3) is 0 Å². The van der Waals surface area contributed by atoms with Crippen molar-refractivity contribution in [2.24, 2.45) is 0 Å². The first-order valence-electron chi connectivity index (χ1n) is 4.13. The van der Waals surface area contributed by atoms with E-state index >= 15 is 0 Å². The van der Waals surface area contributed by atoms with E-state index in [-0.39, 0.29) is 16.6 Å². The topological polar surface area (TPSA) is 39.2 Å². The molecule has 0 atom stereocenters. The number of nitrogens with zero attached hydrogens (tertiary/aromatic N) is 1. The van der Waals surface area contributed by atoms with Gasteiger partial charge in [0.1, 0.15) is 5.69 Å². The predicted octanol–water partition coefficient (Wildman–Crippen LogP) is 2.84. The number of methoxy groups -OCH3 is 1. The van der Waals surface area contributed by atoms with Gasteiger partial charge in [-0.2, -0.15) is 0 Å². The summed E-state index contributed by atoms with van der Waals surface area (Å²) in [6.45, 7) is 0. The molecule has 0 aliphatic carbocycles. The van der Waals surface area contributed by atoms with Crippen LogP contribution in [0.5, 0.6) is 0 Å². The quantitative estimate of drug-likeness (QED) is 0.636. The van der Waals surface area contributed by atoms with Crippen LogP contribution in [-0.2, 0) is 10.1 Å². The van der Waals surface area contributed by atoms with E-state index in [2.05, 4.69) is 25.7 Å². The Bertz CT molecular complexity index is 412. The summed E-state index contributed by atoms with van der Waals surface area (Å²) in [5.41, 5.74) is -1.12. The Balaban J connectivity index is 3.32. The molecule has 0 radical (unpaired) electrons. The molecule has 0 saturated heterocycles. The summed E-state index contributed by atoms with van der Waals surface area (Å²) in [7, 11) is 1.11. The van der Waals surface area contributed by atoms with Crippen molar-refractivity contribution in [3.8, 4) is 0 Å². The number of pyridine rings is 1. The Morgan fingerprint density at radius 2 is 2.25 bits per heavy atom. The fourth-order valence-corrected chi connectivity index (χ4v) is 1.51. The lowest BCUT2D eigenvalue weighted by Crippen LogP contribution is -2.10. The number of esters is 1. The summed E-state index contributed by atoms with van der Waals surface area (Å²) in [4.78, 5) is 14.6. The van der Waals surface area contributed by atoms with Crippen molar-refractivity contribution in [1.29, 1.82) is 0 Å². The minimum atomic E-state index is -3.02. The molecule has 0 saturated carbocycles. The fourth-order valence-electron chi connectivity index (χ4n) is 1.08. The molecular formula is C9H7BrF3NO2. The Labute approximate surface area is 97.8 Å². The summed E-state index contributed by atoms with van der Waals surface area (Å²) in [6, 6.07) is 0.705. The van der Waals surface area contributed by atoms with Crippen molar-refractivity contribution in [2.45, 2.75) is 11.8 Å². The fraction of sp³-hybridized carbons (Fsp3) is 0.333. The van der Waals surface area contributed by atoms with E-state index in [4.69, 9.17) is 0 Å². The van der Waals surface area contributed by atoms with E-state index in [9.17, 15) is 18.0 Å².